The lowest BCUT2D eigenvalue weighted by Crippen LogP contribution is -2.57. The van der Waals surface area contributed by atoms with Gasteiger partial charge in [0.1, 0.15) is 10.7 Å². The third-order valence-corrected chi connectivity index (χ3v) is 8.30. The highest BCUT2D eigenvalue weighted by molar-refractivity contribution is 7.90. The summed E-state index contributed by atoms with van der Waals surface area (Å²) in [6.45, 7) is 3.41. The molecule has 4 rings (SSSR count). The Balaban J connectivity index is 1.43. The zero-order valence-corrected chi connectivity index (χ0v) is 20.0. The van der Waals surface area contributed by atoms with Gasteiger partial charge in [0.25, 0.3) is 0 Å². The van der Waals surface area contributed by atoms with Crippen molar-refractivity contribution >= 4 is 27.3 Å². The minimum Gasteiger partial charge on any atom is -0.368 e. The monoisotopic (exact) mass is 480 g/mol. The van der Waals surface area contributed by atoms with Crippen molar-refractivity contribution in [3.63, 3.8) is 0 Å². The molecule has 0 radical (unpaired) electrons. The van der Waals surface area contributed by atoms with Gasteiger partial charge < -0.3 is 20.9 Å². The maximum Gasteiger partial charge on any atom is 0.226 e. The van der Waals surface area contributed by atoms with Crippen molar-refractivity contribution in [1.82, 2.24) is 10.2 Å². The molecule has 1 saturated heterocycles. The van der Waals surface area contributed by atoms with Gasteiger partial charge in [0.15, 0.2) is 9.84 Å². The molecule has 3 aliphatic rings. The summed E-state index contributed by atoms with van der Waals surface area (Å²) < 4.78 is 37.7. The van der Waals surface area contributed by atoms with E-state index in [1.165, 1.54) is 12.1 Å². The van der Waals surface area contributed by atoms with Crippen LogP contribution in [0.2, 0.25) is 0 Å². The van der Waals surface area contributed by atoms with E-state index in [4.69, 9.17) is 5.73 Å². The molecule has 3 N–H and O–H groups in total. The number of hydrogen-bond donors (Lipinski definition) is 2. The van der Waals surface area contributed by atoms with Gasteiger partial charge in [-0.1, -0.05) is 12.8 Å². The largest absolute Gasteiger partial charge is 0.368 e. The number of piperazine rings is 1. The van der Waals surface area contributed by atoms with Crippen LogP contribution in [-0.4, -0.2) is 62.7 Å². The van der Waals surface area contributed by atoms with Gasteiger partial charge >= 0.3 is 0 Å². The molecule has 0 aromatic heterocycles. The van der Waals surface area contributed by atoms with Crippen LogP contribution in [0, 0.1) is 17.7 Å². The Hall–Kier alpha value is -2.20. The molecular weight excluding hydrogens is 447 g/mol. The third kappa shape index (κ3) is 5.16. The highest BCUT2D eigenvalue weighted by atomic mass is 32.2. The molecule has 1 aliphatic heterocycles. The summed E-state index contributed by atoms with van der Waals surface area (Å²) in [5.41, 5.74) is 6.06. The number of anilines is 1. The predicted octanol–water partition coefficient (Wildman–Crippen LogP) is 1.64. The summed E-state index contributed by atoms with van der Waals surface area (Å²) in [5.74, 6) is -1.58. The molecule has 3 fully saturated rings. The number of sulfone groups is 1. The van der Waals surface area contributed by atoms with E-state index in [1.54, 1.807) is 6.07 Å². The average Bonchev–Trinajstić information content (AvgIpc) is 3.48. The number of nitrogens with zero attached hydrogens (tertiary/aromatic N) is 2. The highest BCUT2D eigenvalue weighted by Gasteiger charge is 2.45. The van der Waals surface area contributed by atoms with Gasteiger partial charge in [0.2, 0.25) is 11.8 Å². The van der Waals surface area contributed by atoms with Crippen molar-refractivity contribution in [2.45, 2.75) is 62.0 Å². The Kier molecular flexibility index (Phi) is 6.43. The van der Waals surface area contributed by atoms with E-state index >= 15 is 0 Å². The van der Waals surface area contributed by atoms with Gasteiger partial charge in [-0.15, -0.1) is 0 Å². The lowest BCUT2D eigenvalue weighted by Gasteiger charge is -2.43. The lowest BCUT2D eigenvalue weighted by molar-refractivity contribution is -0.146. The zero-order chi connectivity index (χ0) is 24.0. The summed E-state index contributed by atoms with van der Waals surface area (Å²) in [5, 5.41) is 2.93. The number of carbonyl (C=O) groups excluding carboxylic acids is 2. The van der Waals surface area contributed by atoms with E-state index in [0.29, 0.717) is 38.2 Å². The summed E-state index contributed by atoms with van der Waals surface area (Å²) in [6, 6.07) is 4.00. The van der Waals surface area contributed by atoms with Crippen molar-refractivity contribution in [2.75, 3.05) is 30.8 Å². The number of amides is 2. The fourth-order valence-electron chi connectivity index (χ4n) is 5.06. The topological polar surface area (TPSA) is 113 Å². The van der Waals surface area contributed by atoms with Gasteiger partial charge in [0, 0.05) is 49.5 Å². The number of rotatable bonds is 5. The third-order valence-electron chi connectivity index (χ3n) is 7.17. The second-order valence-corrected chi connectivity index (χ2v) is 11.8. The van der Waals surface area contributed by atoms with E-state index in [9.17, 15) is 22.4 Å². The van der Waals surface area contributed by atoms with Gasteiger partial charge in [-0.05, 0) is 50.8 Å². The van der Waals surface area contributed by atoms with Crippen LogP contribution in [-0.2, 0) is 19.4 Å². The number of benzene rings is 1. The van der Waals surface area contributed by atoms with E-state index < -0.39 is 21.3 Å². The van der Waals surface area contributed by atoms with Crippen LogP contribution in [0.15, 0.2) is 23.1 Å². The average molecular weight is 481 g/mol. The second kappa shape index (κ2) is 8.87. The molecule has 182 valence electrons. The smallest absolute Gasteiger partial charge is 0.226 e. The van der Waals surface area contributed by atoms with Crippen LogP contribution in [0.4, 0.5) is 10.1 Å². The normalized spacial score (nSPS) is 27.2. The molecule has 8 nitrogen and oxygen atoms in total. The van der Waals surface area contributed by atoms with E-state index in [-0.39, 0.29) is 34.6 Å². The molecule has 1 aromatic rings. The van der Waals surface area contributed by atoms with E-state index in [1.807, 2.05) is 16.7 Å². The SMILES string of the molecule is C[C@@H]1CN(c2ccc(S(C)(=O)=O)c(F)c2)CCN1C(=O)[C@@H]1CCCC[C@H]1C(=O)NC1(N)CC1. The van der Waals surface area contributed by atoms with Crippen LogP contribution in [0.3, 0.4) is 0 Å². The molecule has 10 heteroatoms. The van der Waals surface area contributed by atoms with E-state index in [0.717, 1.165) is 31.9 Å². The summed E-state index contributed by atoms with van der Waals surface area (Å²) in [7, 11) is -3.63. The first-order chi connectivity index (χ1) is 15.5. The molecule has 3 atom stereocenters. The number of halogens is 1. The van der Waals surface area contributed by atoms with Gasteiger partial charge in [-0.2, -0.15) is 0 Å². The standard InChI is InChI=1S/C23H33FN4O4S/c1-15-14-27(16-7-8-20(19(24)13-16)33(2,31)32)11-12-28(15)22(30)18-6-4-3-5-17(18)21(29)26-23(25)9-10-23/h7-8,13,15,17-18H,3-6,9-12,14,25H2,1-2H3,(H,26,29)/t15-,17-,18-/m1/s1. The Morgan fingerprint density at radius 2 is 1.82 bits per heavy atom. The van der Waals surface area contributed by atoms with Gasteiger partial charge in [-0.3, -0.25) is 9.59 Å². The molecule has 2 amide bonds. The Morgan fingerprint density at radius 3 is 2.39 bits per heavy atom. The van der Waals surface area contributed by atoms with Gasteiger partial charge in [0.05, 0.1) is 5.66 Å². The van der Waals surface area contributed by atoms with Crippen LogP contribution in [0.1, 0.15) is 45.4 Å². The minimum atomic E-state index is -3.63. The van der Waals surface area contributed by atoms with Gasteiger partial charge in [-0.25, -0.2) is 12.8 Å². The lowest BCUT2D eigenvalue weighted by atomic mass is 9.77. The first-order valence-electron chi connectivity index (χ1n) is 11.6. The second-order valence-electron chi connectivity index (χ2n) is 9.86. The number of hydrogen-bond acceptors (Lipinski definition) is 6. The molecule has 1 heterocycles. The number of nitrogens with two attached hydrogens (primary N) is 1. The number of carbonyl (C=O) groups is 2. The fraction of sp³-hybridized carbons (Fsp3) is 0.652. The van der Waals surface area contributed by atoms with E-state index in [2.05, 4.69) is 5.32 Å². The first-order valence-corrected chi connectivity index (χ1v) is 13.5. The molecule has 1 aromatic carbocycles. The molecule has 0 spiro atoms. The van der Waals surface area contributed by atoms with Crippen molar-refractivity contribution < 1.29 is 22.4 Å². The Labute approximate surface area is 194 Å². The molecule has 0 unspecified atom stereocenters. The molecule has 2 saturated carbocycles. The van der Waals surface area contributed by atoms with Crippen LogP contribution in [0.25, 0.3) is 0 Å². The van der Waals surface area contributed by atoms with Crippen LogP contribution in [0.5, 0.6) is 0 Å². The maximum absolute atomic E-state index is 14.4. The number of nitrogens with one attached hydrogen (secondary N) is 1. The molecule has 33 heavy (non-hydrogen) atoms. The zero-order valence-electron chi connectivity index (χ0n) is 19.2. The van der Waals surface area contributed by atoms with Crippen LogP contribution >= 0.6 is 0 Å². The highest BCUT2D eigenvalue weighted by Crippen LogP contribution is 2.35. The summed E-state index contributed by atoms with van der Waals surface area (Å²) in [4.78, 5) is 29.8. The Morgan fingerprint density at radius 1 is 1.15 bits per heavy atom. The van der Waals surface area contributed by atoms with Crippen LogP contribution < -0.4 is 16.0 Å². The van der Waals surface area contributed by atoms with Crippen molar-refractivity contribution in [3.05, 3.63) is 24.0 Å². The molecule has 2 aliphatic carbocycles. The van der Waals surface area contributed by atoms with Crippen molar-refractivity contribution in [1.29, 1.82) is 0 Å². The summed E-state index contributed by atoms with van der Waals surface area (Å²) >= 11 is 0. The predicted molar refractivity (Wildman–Crippen MR) is 123 cm³/mol. The quantitative estimate of drug-likeness (QED) is 0.620. The fourth-order valence-corrected chi connectivity index (χ4v) is 5.79. The molecular formula is C23H33FN4O4S. The van der Waals surface area contributed by atoms with Crippen molar-refractivity contribution in [3.8, 4) is 0 Å². The Bertz CT molecular complexity index is 1040. The summed E-state index contributed by atoms with van der Waals surface area (Å²) in [6.07, 6.45) is 5.77. The maximum atomic E-state index is 14.4. The minimum absolute atomic E-state index is 0.00229. The first kappa shape index (κ1) is 23.9. The van der Waals surface area contributed by atoms with Crippen molar-refractivity contribution in [2.24, 2.45) is 17.6 Å². The molecule has 0 bridgehead atoms.